The van der Waals surface area contributed by atoms with Gasteiger partial charge in [-0.1, -0.05) is 48.5 Å². The largest absolute Gasteiger partial charge is 0.493 e. The monoisotopic (exact) mass is 500 g/mol. The number of nitrogens with zero attached hydrogens (tertiary/aromatic N) is 3. The van der Waals surface area contributed by atoms with Crippen LogP contribution >= 0.6 is 0 Å². The molecular weight excluding hydrogens is 468 g/mol. The lowest BCUT2D eigenvalue weighted by Crippen LogP contribution is -2.33. The number of imidazole rings is 1. The highest BCUT2D eigenvalue weighted by Crippen LogP contribution is 2.28. The molecule has 8 heteroatoms. The molecule has 4 rings (SSSR count). The van der Waals surface area contributed by atoms with Crippen LogP contribution < -0.4 is 14.8 Å². The summed E-state index contributed by atoms with van der Waals surface area (Å²) >= 11 is 0. The second kappa shape index (κ2) is 11.6. The SMILES string of the molecule is COc1ccc(CC(=O)NC(C)c2nc3ccccc3n2CC(=O)N(C)Cc2ccccc2)cc1OC. The molecule has 8 nitrogen and oxygen atoms in total. The zero-order valence-electron chi connectivity index (χ0n) is 21.6. The number of rotatable bonds is 10. The fraction of sp³-hybridized carbons (Fsp3) is 0.276. The molecular formula is C29H32N4O4. The fourth-order valence-corrected chi connectivity index (χ4v) is 4.33. The Kier molecular flexibility index (Phi) is 8.08. The molecule has 0 spiro atoms. The number of carbonyl (C=O) groups excluding carboxylic acids is 2. The topological polar surface area (TPSA) is 85.7 Å². The van der Waals surface area contributed by atoms with Gasteiger partial charge in [-0.05, 0) is 42.3 Å². The average molecular weight is 501 g/mol. The minimum Gasteiger partial charge on any atom is -0.493 e. The molecule has 1 atom stereocenters. The maximum Gasteiger partial charge on any atom is 0.242 e. The van der Waals surface area contributed by atoms with E-state index in [9.17, 15) is 9.59 Å². The van der Waals surface area contributed by atoms with Crippen molar-refractivity contribution in [3.05, 3.63) is 89.7 Å². The summed E-state index contributed by atoms with van der Waals surface area (Å²) in [5.74, 6) is 1.60. The molecule has 0 radical (unpaired) electrons. The first-order valence-electron chi connectivity index (χ1n) is 12.1. The summed E-state index contributed by atoms with van der Waals surface area (Å²) in [7, 11) is 4.93. The van der Waals surface area contributed by atoms with Crippen molar-refractivity contribution in [2.75, 3.05) is 21.3 Å². The van der Waals surface area contributed by atoms with Gasteiger partial charge in [-0.3, -0.25) is 9.59 Å². The highest BCUT2D eigenvalue weighted by atomic mass is 16.5. The van der Waals surface area contributed by atoms with E-state index in [2.05, 4.69) is 5.32 Å². The molecule has 0 saturated carbocycles. The first-order chi connectivity index (χ1) is 17.9. The van der Waals surface area contributed by atoms with Crippen LogP contribution in [0.3, 0.4) is 0 Å². The van der Waals surface area contributed by atoms with E-state index in [1.807, 2.05) is 72.2 Å². The van der Waals surface area contributed by atoms with E-state index in [0.717, 1.165) is 22.2 Å². The van der Waals surface area contributed by atoms with Gasteiger partial charge in [0.2, 0.25) is 11.8 Å². The van der Waals surface area contributed by atoms with Crippen LogP contribution in [0, 0.1) is 0 Å². The number of benzene rings is 3. The van der Waals surface area contributed by atoms with Crippen molar-refractivity contribution in [3.63, 3.8) is 0 Å². The summed E-state index contributed by atoms with van der Waals surface area (Å²) in [5, 5.41) is 3.04. The highest BCUT2D eigenvalue weighted by molar-refractivity contribution is 5.82. The molecule has 4 aromatic rings. The number of aromatic nitrogens is 2. The first kappa shape index (κ1) is 25.8. The van der Waals surface area contributed by atoms with Crippen molar-refractivity contribution < 1.29 is 19.1 Å². The third kappa shape index (κ3) is 6.09. The summed E-state index contributed by atoms with van der Waals surface area (Å²) in [6.07, 6.45) is 0.170. The van der Waals surface area contributed by atoms with Gasteiger partial charge >= 0.3 is 0 Å². The fourth-order valence-electron chi connectivity index (χ4n) is 4.33. The van der Waals surface area contributed by atoms with Crippen molar-refractivity contribution in [2.24, 2.45) is 0 Å². The summed E-state index contributed by atoms with van der Waals surface area (Å²) in [6, 6.07) is 22.5. The van der Waals surface area contributed by atoms with Gasteiger partial charge in [-0.25, -0.2) is 4.98 Å². The van der Waals surface area contributed by atoms with Crippen molar-refractivity contribution in [1.82, 2.24) is 19.8 Å². The molecule has 2 amide bonds. The zero-order chi connectivity index (χ0) is 26.4. The Morgan fingerprint density at radius 3 is 2.38 bits per heavy atom. The van der Waals surface area contributed by atoms with Crippen molar-refractivity contribution in [2.45, 2.75) is 32.5 Å². The van der Waals surface area contributed by atoms with Crippen LogP contribution in [0.1, 0.15) is 29.9 Å². The van der Waals surface area contributed by atoms with Crippen LogP contribution in [0.4, 0.5) is 0 Å². The number of amides is 2. The van der Waals surface area contributed by atoms with Gasteiger partial charge in [0.05, 0.1) is 37.7 Å². The second-order valence-electron chi connectivity index (χ2n) is 8.94. The lowest BCUT2D eigenvalue weighted by Gasteiger charge is -2.20. The van der Waals surface area contributed by atoms with Gasteiger partial charge < -0.3 is 24.3 Å². The Morgan fingerprint density at radius 2 is 1.65 bits per heavy atom. The first-order valence-corrected chi connectivity index (χ1v) is 12.1. The van der Waals surface area contributed by atoms with Crippen LogP contribution in [0.25, 0.3) is 11.0 Å². The molecule has 1 unspecified atom stereocenters. The van der Waals surface area contributed by atoms with E-state index >= 15 is 0 Å². The predicted molar refractivity (Wildman–Crippen MR) is 142 cm³/mol. The standard InChI is InChI=1S/C29H32N4O4/c1-20(30-27(34)17-22-14-15-25(36-3)26(16-22)37-4)29-31-23-12-8-9-13-24(23)33(29)19-28(35)32(2)18-21-10-6-5-7-11-21/h5-16,20H,17-19H2,1-4H3,(H,30,34). The normalized spacial score (nSPS) is 11.7. The van der Waals surface area contributed by atoms with Crippen LogP contribution in [-0.4, -0.2) is 47.5 Å². The van der Waals surface area contributed by atoms with Gasteiger partial charge in [0.25, 0.3) is 0 Å². The molecule has 0 aliphatic heterocycles. The minimum atomic E-state index is -0.410. The number of fused-ring (bicyclic) bond motifs is 1. The second-order valence-corrected chi connectivity index (χ2v) is 8.94. The number of carbonyl (C=O) groups is 2. The Balaban J connectivity index is 1.50. The van der Waals surface area contributed by atoms with E-state index in [1.165, 1.54) is 0 Å². The van der Waals surface area contributed by atoms with Crippen molar-refractivity contribution in [1.29, 1.82) is 0 Å². The van der Waals surface area contributed by atoms with Crippen LogP contribution in [0.2, 0.25) is 0 Å². The number of nitrogens with one attached hydrogen (secondary N) is 1. The molecule has 0 saturated heterocycles. The molecule has 3 aromatic carbocycles. The number of hydrogen-bond acceptors (Lipinski definition) is 5. The number of para-hydroxylation sites is 2. The molecule has 0 fully saturated rings. The van der Waals surface area contributed by atoms with Gasteiger partial charge in [0.1, 0.15) is 12.4 Å². The molecule has 1 N–H and O–H groups in total. The molecule has 0 bridgehead atoms. The maximum absolute atomic E-state index is 13.2. The quantitative estimate of drug-likeness (QED) is 0.354. The Labute approximate surface area is 216 Å². The van der Waals surface area contributed by atoms with E-state index in [0.29, 0.717) is 23.9 Å². The Hall–Kier alpha value is -4.33. The van der Waals surface area contributed by atoms with Crippen molar-refractivity contribution in [3.8, 4) is 11.5 Å². The highest BCUT2D eigenvalue weighted by Gasteiger charge is 2.21. The van der Waals surface area contributed by atoms with Gasteiger partial charge in [-0.2, -0.15) is 0 Å². The number of likely N-dealkylation sites (N-methyl/N-ethyl adjacent to an activating group) is 1. The molecule has 192 valence electrons. The van der Waals surface area contributed by atoms with Crippen molar-refractivity contribution >= 4 is 22.8 Å². The van der Waals surface area contributed by atoms with E-state index < -0.39 is 6.04 Å². The number of hydrogen-bond donors (Lipinski definition) is 1. The molecule has 1 aromatic heterocycles. The van der Waals surface area contributed by atoms with E-state index in [-0.39, 0.29) is 24.8 Å². The summed E-state index contributed by atoms with van der Waals surface area (Å²) < 4.78 is 12.5. The molecule has 1 heterocycles. The number of ether oxygens (including phenoxy) is 2. The lowest BCUT2D eigenvalue weighted by atomic mass is 10.1. The molecule has 0 aliphatic carbocycles. The van der Waals surface area contributed by atoms with E-state index in [4.69, 9.17) is 14.5 Å². The predicted octanol–water partition coefficient (Wildman–Crippen LogP) is 4.13. The maximum atomic E-state index is 13.2. The summed E-state index contributed by atoms with van der Waals surface area (Å²) in [4.78, 5) is 32.6. The van der Waals surface area contributed by atoms with E-state index in [1.54, 1.807) is 38.3 Å². The summed E-state index contributed by atoms with van der Waals surface area (Å²) in [6.45, 7) is 2.51. The van der Waals surface area contributed by atoms with Gasteiger partial charge in [0, 0.05) is 13.6 Å². The third-order valence-electron chi connectivity index (χ3n) is 6.24. The minimum absolute atomic E-state index is 0.0443. The van der Waals surface area contributed by atoms with Crippen LogP contribution in [0.15, 0.2) is 72.8 Å². The van der Waals surface area contributed by atoms with Crippen LogP contribution in [0.5, 0.6) is 11.5 Å². The Morgan fingerprint density at radius 1 is 0.946 bits per heavy atom. The number of methoxy groups -OCH3 is 2. The smallest absolute Gasteiger partial charge is 0.242 e. The molecule has 0 aliphatic rings. The van der Waals surface area contributed by atoms with Crippen LogP contribution in [-0.2, 0) is 29.1 Å². The zero-order valence-corrected chi connectivity index (χ0v) is 21.6. The van der Waals surface area contributed by atoms with Gasteiger partial charge in [0.15, 0.2) is 11.5 Å². The third-order valence-corrected chi connectivity index (χ3v) is 6.24. The lowest BCUT2D eigenvalue weighted by molar-refractivity contribution is -0.131. The average Bonchev–Trinajstić information content (AvgIpc) is 3.27. The summed E-state index contributed by atoms with van der Waals surface area (Å²) in [5.41, 5.74) is 3.48. The Bertz CT molecular complexity index is 1380. The van der Waals surface area contributed by atoms with Gasteiger partial charge in [-0.15, -0.1) is 0 Å². The molecule has 37 heavy (non-hydrogen) atoms.